The van der Waals surface area contributed by atoms with E-state index in [-0.39, 0.29) is 34.5 Å². The zero-order chi connectivity index (χ0) is 14.8. The average Bonchev–Trinajstić information content (AvgIpc) is 2.38. The monoisotopic (exact) mass is 314 g/mol. The molecule has 0 fully saturated rings. The first-order valence-corrected chi connectivity index (χ1v) is 8.39. The van der Waals surface area contributed by atoms with Crippen LogP contribution in [0.3, 0.4) is 0 Å². The molecule has 0 aliphatic heterocycles. The summed E-state index contributed by atoms with van der Waals surface area (Å²) < 4.78 is 35.2. The largest absolute Gasteiger partial charge is 1.00 e. The topological polar surface area (TPSA) is 57.2 Å². The third-order valence-electron chi connectivity index (χ3n) is 3.45. The Balaban J connectivity index is 0.00000220. The van der Waals surface area contributed by atoms with Gasteiger partial charge in [0.1, 0.15) is 10.1 Å². The second-order valence-electron chi connectivity index (χ2n) is 5.02. The van der Waals surface area contributed by atoms with Gasteiger partial charge in [-0.25, -0.2) is 8.42 Å². The Hall–Kier alpha value is -0.390. The van der Waals surface area contributed by atoms with Crippen LogP contribution in [0.5, 0.6) is 0 Å². The van der Waals surface area contributed by atoms with E-state index in [0.29, 0.717) is 17.4 Å². The van der Waals surface area contributed by atoms with Gasteiger partial charge in [0.25, 0.3) is 0 Å². The van der Waals surface area contributed by atoms with Crippen molar-refractivity contribution in [1.29, 1.82) is 0 Å². The quantitative estimate of drug-likeness (QED) is 0.601. The third-order valence-corrected chi connectivity index (χ3v) is 4.42. The molecule has 0 saturated heterocycles. The minimum Gasteiger partial charge on any atom is -0.744 e. The van der Waals surface area contributed by atoms with Gasteiger partial charge in [0.15, 0.2) is 0 Å². The molecule has 21 heavy (non-hydrogen) atoms. The molecule has 5 heteroatoms. The van der Waals surface area contributed by atoms with E-state index >= 15 is 0 Å². The first-order chi connectivity index (χ1) is 9.49. The molecule has 108 valence electrons. The molecule has 0 N–H and O–H groups in total. The van der Waals surface area contributed by atoms with Crippen molar-refractivity contribution >= 4 is 20.9 Å². The van der Waals surface area contributed by atoms with Crippen LogP contribution in [-0.2, 0) is 23.0 Å². The maximum Gasteiger partial charge on any atom is 1.00 e. The molecular weight excluding hydrogens is 295 g/mol. The van der Waals surface area contributed by atoms with Gasteiger partial charge in [-0.1, -0.05) is 57.0 Å². The second kappa shape index (κ2) is 7.75. The molecule has 0 aromatic heterocycles. The number of hydrogen-bond donors (Lipinski definition) is 0. The fraction of sp³-hybridized carbons (Fsp3) is 0.375. The zero-order valence-electron chi connectivity index (χ0n) is 12.8. The van der Waals surface area contributed by atoms with Crippen molar-refractivity contribution in [3.8, 4) is 0 Å². The Kier molecular flexibility index (Phi) is 6.88. The van der Waals surface area contributed by atoms with E-state index in [1.54, 1.807) is 6.07 Å². The van der Waals surface area contributed by atoms with E-state index in [4.69, 9.17) is 0 Å². The molecule has 0 bridgehead atoms. The summed E-state index contributed by atoms with van der Waals surface area (Å²) in [6.07, 6.45) is 3.10. The van der Waals surface area contributed by atoms with Crippen molar-refractivity contribution in [2.75, 3.05) is 0 Å². The van der Waals surface area contributed by atoms with Crippen molar-refractivity contribution in [2.45, 2.75) is 44.4 Å². The van der Waals surface area contributed by atoms with Crippen LogP contribution in [0.2, 0.25) is 0 Å². The molecule has 2 aromatic carbocycles. The number of aryl methyl sites for hydroxylation is 2. The Bertz CT molecular complexity index is 724. The van der Waals surface area contributed by atoms with Gasteiger partial charge in [0.05, 0.1) is 4.90 Å². The van der Waals surface area contributed by atoms with Crippen LogP contribution in [0.25, 0.3) is 10.8 Å². The molecule has 2 rings (SSSR count). The molecule has 0 heterocycles. The fourth-order valence-corrected chi connectivity index (χ4v) is 3.68. The summed E-state index contributed by atoms with van der Waals surface area (Å²) >= 11 is 0. The van der Waals surface area contributed by atoms with E-state index < -0.39 is 10.1 Å². The van der Waals surface area contributed by atoms with Crippen molar-refractivity contribution in [1.82, 2.24) is 0 Å². The van der Waals surface area contributed by atoms with Crippen LogP contribution >= 0.6 is 0 Å². The summed E-state index contributed by atoms with van der Waals surface area (Å²) in [6, 6.07) is 9.36. The summed E-state index contributed by atoms with van der Waals surface area (Å²) in [5.74, 6) is 0. The van der Waals surface area contributed by atoms with E-state index in [9.17, 15) is 13.0 Å². The molecular formula is C16H19NaO3S. The molecule has 0 radical (unpaired) electrons. The van der Waals surface area contributed by atoms with Crippen LogP contribution in [0, 0.1) is 0 Å². The Morgan fingerprint density at radius 2 is 1.57 bits per heavy atom. The maximum absolute atomic E-state index is 11.7. The normalized spacial score (nSPS) is 11.4. The van der Waals surface area contributed by atoms with Crippen LogP contribution in [-0.4, -0.2) is 13.0 Å². The first kappa shape index (κ1) is 18.7. The van der Waals surface area contributed by atoms with Gasteiger partial charge in [-0.05, 0) is 29.4 Å². The van der Waals surface area contributed by atoms with E-state index in [1.165, 1.54) is 0 Å². The fourth-order valence-electron chi connectivity index (χ4n) is 2.69. The number of hydrogen-bond acceptors (Lipinski definition) is 3. The van der Waals surface area contributed by atoms with Crippen molar-refractivity contribution in [3.05, 3.63) is 41.5 Å². The maximum atomic E-state index is 11.7. The average molecular weight is 314 g/mol. The molecule has 2 aromatic rings. The second-order valence-corrected chi connectivity index (χ2v) is 6.34. The van der Waals surface area contributed by atoms with Gasteiger partial charge >= 0.3 is 29.6 Å². The Morgan fingerprint density at radius 3 is 2.14 bits per heavy atom. The van der Waals surface area contributed by atoms with Crippen LogP contribution in [0.1, 0.15) is 37.8 Å². The van der Waals surface area contributed by atoms with Crippen LogP contribution < -0.4 is 29.6 Å². The molecule has 0 spiro atoms. The SMILES string of the molecule is CCCc1ccc2cccc(CCC)c2c1S(=O)(=O)[O-].[Na+]. The van der Waals surface area contributed by atoms with E-state index in [0.717, 1.165) is 30.2 Å². The van der Waals surface area contributed by atoms with E-state index in [2.05, 4.69) is 0 Å². The molecule has 0 aliphatic carbocycles. The molecule has 3 nitrogen and oxygen atoms in total. The van der Waals surface area contributed by atoms with Gasteiger partial charge in [0.2, 0.25) is 0 Å². The molecule has 0 amide bonds. The summed E-state index contributed by atoms with van der Waals surface area (Å²) in [7, 11) is -4.47. The van der Waals surface area contributed by atoms with Crippen LogP contribution in [0.15, 0.2) is 35.2 Å². The van der Waals surface area contributed by atoms with Gasteiger partial charge < -0.3 is 4.55 Å². The van der Waals surface area contributed by atoms with Crippen LogP contribution in [0.4, 0.5) is 0 Å². The zero-order valence-corrected chi connectivity index (χ0v) is 15.7. The first-order valence-electron chi connectivity index (χ1n) is 6.98. The molecule has 0 unspecified atom stereocenters. The molecule has 0 atom stereocenters. The van der Waals surface area contributed by atoms with Crippen molar-refractivity contribution in [3.63, 3.8) is 0 Å². The predicted octanol–water partition coefficient (Wildman–Crippen LogP) is 0.653. The Labute approximate surface area is 148 Å². The summed E-state index contributed by atoms with van der Waals surface area (Å²) in [6.45, 7) is 4.02. The van der Waals surface area contributed by atoms with Crippen molar-refractivity contribution in [2.24, 2.45) is 0 Å². The summed E-state index contributed by atoms with van der Waals surface area (Å²) in [5, 5.41) is 1.44. The summed E-state index contributed by atoms with van der Waals surface area (Å²) in [5.41, 5.74) is 1.58. The predicted molar refractivity (Wildman–Crippen MR) is 79.9 cm³/mol. The van der Waals surface area contributed by atoms with Crippen molar-refractivity contribution < 1.29 is 42.5 Å². The molecule has 0 saturated carbocycles. The number of benzene rings is 2. The Morgan fingerprint density at radius 1 is 0.952 bits per heavy atom. The van der Waals surface area contributed by atoms with Gasteiger partial charge in [0, 0.05) is 5.39 Å². The standard InChI is InChI=1S/C16H20O3S.Na/c1-3-6-12-8-5-9-13-10-11-14(7-4-2)16(15(12)13)20(17,18)19;/h5,8-11H,3-4,6-7H2,1-2H3,(H,17,18,19);/q;+1/p-1. The van der Waals surface area contributed by atoms with Gasteiger partial charge in [-0.3, -0.25) is 0 Å². The van der Waals surface area contributed by atoms with Gasteiger partial charge in [-0.2, -0.15) is 0 Å². The minimum atomic E-state index is -4.47. The van der Waals surface area contributed by atoms with E-state index in [1.807, 2.05) is 38.1 Å². The minimum absolute atomic E-state index is 0. The van der Waals surface area contributed by atoms with Gasteiger partial charge in [-0.15, -0.1) is 0 Å². The smallest absolute Gasteiger partial charge is 0.744 e. The summed E-state index contributed by atoms with van der Waals surface area (Å²) in [4.78, 5) is -0.0131. The third kappa shape index (κ3) is 4.08. The number of fused-ring (bicyclic) bond motifs is 1. The number of rotatable bonds is 5. The molecule has 0 aliphatic rings.